The van der Waals surface area contributed by atoms with E-state index in [9.17, 15) is 4.79 Å². The fourth-order valence-electron chi connectivity index (χ4n) is 1.99. The molecule has 0 aliphatic heterocycles. The van der Waals surface area contributed by atoms with Crippen LogP contribution in [0.25, 0.3) is 0 Å². The Morgan fingerprint density at radius 2 is 2.11 bits per heavy atom. The summed E-state index contributed by atoms with van der Waals surface area (Å²) in [6.07, 6.45) is 1.41. The molecule has 102 valence electrons. The molecule has 4 heteroatoms. The van der Waals surface area contributed by atoms with Gasteiger partial charge in [0.2, 0.25) is 5.91 Å². The zero-order chi connectivity index (χ0) is 14.4. The molecule has 19 heavy (non-hydrogen) atoms. The van der Waals surface area contributed by atoms with Crippen molar-refractivity contribution in [3.63, 3.8) is 0 Å². The van der Waals surface area contributed by atoms with Gasteiger partial charge in [0.15, 0.2) is 0 Å². The fraction of sp³-hybridized carbons (Fsp3) is 0.467. The summed E-state index contributed by atoms with van der Waals surface area (Å²) < 4.78 is 0. The van der Waals surface area contributed by atoms with E-state index in [-0.39, 0.29) is 11.9 Å². The van der Waals surface area contributed by atoms with Gasteiger partial charge in [-0.3, -0.25) is 4.79 Å². The molecule has 1 rings (SSSR count). The van der Waals surface area contributed by atoms with Crippen molar-refractivity contribution in [1.29, 1.82) is 5.26 Å². The Morgan fingerprint density at radius 1 is 1.47 bits per heavy atom. The zero-order valence-corrected chi connectivity index (χ0v) is 12.3. The van der Waals surface area contributed by atoms with Gasteiger partial charge in [0.05, 0.1) is 12.1 Å². The van der Waals surface area contributed by atoms with Crippen LogP contribution in [-0.4, -0.2) is 17.9 Å². The van der Waals surface area contributed by atoms with Crippen molar-refractivity contribution in [3.8, 4) is 6.07 Å². The van der Waals surface area contributed by atoms with Crippen molar-refractivity contribution in [1.82, 2.24) is 4.90 Å². The highest BCUT2D eigenvalue weighted by atomic mass is 35.5. The van der Waals surface area contributed by atoms with Crippen LogP contribution in [0.2, 0.25) is 5.02 Å². The molecule has 0 heterocycles. The number of carbonyl (C=O) groups excluding carboxylic acids is 1. The van der Waals surface area contributed by atoms with E-state index in [2.05, 4.69) is 6.07 Å². The lowest BCUT2D eigenvalue weighted by molar-refractivity contribution is -0.134. The number of amides is 1. The second-order valence-electron chi connectivity index (χ2n) is 4.62. The Kier molecular flexibility index (Phi) is 5.85. The van der Waals surface area contributed by atoms with Crippen LogP contribution >= 0.6 is 11.6 Å². The molecule has 3 nitrogen and oxygen atoms in total. The number of nitrogens with zero attached hydrogens (tertiary/aromatic N) is 2. The van der Waals surface area contributed by atoms with E-state index in [1.165, 1.54) is 0 Å². The number of carbonyl (C=O) groups is 1. The molecule has 0 bridgehead atoms. The highest BCUT2D eigenvalue weighted by Gasteiger charge is 2.25. The highest BCUT2D eigenvalue weighted by molar-refractivity contribution is 6.31. The van der Waals surface area contributed by atoms with Gasteiger partial charge in [-0.1, -0.05) is 43.1 Å². The van der Waals surface area contributed by atoms with Crippen LogP contribution < -0.4 is 0 Å². The first kappa shape index (κ1) is 15.5. The van der Waals surface area contributed by atoms with Gasteiger partial charge in [-0.25, -0.2) is 0 Å². The molecule has 0 saturated heterocycles. The Balaban J connectivity index is 2.88. The molecule has 1 aromatic rings. The molecular weight excluding hydrogens is 260 g/mol. The van der Waals surface area contributed by atoms with Crippen LogP contribution in [0, 0.1) is 17.2 Å². The first-order chi connectivity index (χ1) is 9.02. The minimum Gasteiger partial charge on any atom is -0.338 e. The first-order valence-electron chi connectivity index (χ1n) is 6.43. The fourth-order valence-corrected chi connectivity index (χ4v) is 2.28. The van der Waals surface area contributed by atoms with Crippen molar-refractivity contribution in [3.05, 3.63) is 34.9 Å². The number of halogens is 1. The number of benzene rings is 1. The van der Waals surface area contributed by atoms with Gasteiger partial charge in [-0.2, -0.15) is 5.26 Å². The smallest absolute Gasteiger partial charge is 0.240 e. The molecule has 2 unspecified atom stereocenters. The molecule has 0 aliphatic rings. The van der Waals surface area contributed by atoms with Crippen molar-refractivity contribution in [2.75, 3.05) is 7.05 Å². The Bertz CT molecular complexity index is 481. The second kappa shape index (κ2) is 7.16. The van der Waals surface area contributed by atoms with E-state index >= 15 is 0 Å². The van der Waals surface area contributed by atoms with E-state index in [0.717, 1.165) is 12.0 Å². The third-order valence-corrected chi connectivity index (χ3v) is 3.66. The lowest BCUT2D eigenvalue weighted by atomic mass is 10.0. The Morgan fingerprint density at radius 3 is 2.63 bits per heavy atom. The maximum Gasteiger partial charge on any atom is 0.240 e. The van der Waals surface area contributed by atoms with Crippen LogP contribution in [0.1, 0.15) is 38.3 Å². The van der Waals surface area contributed by atoms with Crippen molar-refractivity contribution in [2.45, 2.75) is 32.7 Å². The van der Waals surface area contributed by atoms with Gasteiger partial charge in [0, 0.05) is 12.1 Å². The molecule has 0 fully saturated rings. The molecule has 1 aromatic carbocycles. The minimum absolute atomic E-state index is 0.142. The van der Waals surface area contributed by atoms with Gasteiger partial charge in [0.25, 0.3) is 0 Å². The summed E-state index contributed by atoms with van der Waals surface area (Å²) in [5.41, 5.74) is 0.896. The third kappa shape index (κ3) is 3.71. The van der Waals surface area contributed by atoms with Crippen LogP contribution in [0.5, 0.6) is 0 Å². The summed E-state index contributed by atoms with van der Waals surface area (Å²) >= 11 is 6.14. The average Bonchev–Trinajstić information content (AvgIpc) is 2.43. The Labute approximate surface area is 119 Å². The summed E-state index contributed by atoms with van der Waals surface area (Å²) in [6.45, 7) is 3.88. The summed E-state index contributed by atoms with van der Waals surface area (Å²) in [7, 11) is 1.72. The molecule has 2 atom stereocenters. The van der Waals surface area contributed by atoms with Gasteiger partial charge >= 0.3 is 0 Å². The number of nitriles is 1. The van der Waals surface area contributed by atoms with E-state index in [1.807, 2.05) is 32.0 Å². The minimum atomic E-state index is -0.570. The van der Waals surface area contributed by atoms with Gasteiger partial charge in [0.1, 0.15) is 5.92 Å². The maximum atomic E-state index is 12.3. The standard InChI is InChI=1S/C15H19ClN2O/c1-4-7-12(10-17)15(19)18(3)11(2)13-8-5-6-9-14(13)16/h5-6,8-9,11-12H,4,7H2,1-3H3. The van der Waals surface area contributed by atoms with Gasteiger partial charge < -0.3 is 4.90 Å². The largest absolute Gasteiger partial charge is 0.338 e. The van der Waals surface area contributed by atoms with Crippen molar-refractivity contribution < 1.29 is 4.79 Å². The molecule has 0 N–H and O–H groups in total. The van der Waals surface area contributed by atoms with Crippen LogP contribution in [-0.2, 0) is 4.79 Å². The summed E-state index contributed by atoms with van der Waals surface area (Å²) in [5.74, 6) is -0.711. The molecule has 0 aromatic heterocycles. The summed E-state index contributed by atoms with van der Waals surface area (Å²) in [6, 6.07) is 9.39. The lowest BCUT2D eigenvalue weighted by Gasteiger charge is -2.27. The third-order valence-electron chi connectivity index (χ3n) is 3.32. The molecular formula is C15H19ClN2O. The van der Waals surface area contributed by atoms with Gasteiger partial charge in [-0.15, -0.1) is 0 Å². The Hall–Kier alpha value is -1.53. The topological polar surface area (TPSA) is 44.1 Å². The number of hydrogen-bond acceptors (Lipinski definition) is 2. The molecule has 0 radical (unpaired) electrons. The second-order valence-corrected chi connectivity index (χ2v) is 5.02. The van der Waals surface area contributed by atoms with E-state index in [1.54, 1.807) is 18.0 Å². The number of hydrogen-bond donors (Lipinski definition) is 0. The van der Waals surface area contributed by atoms with Crippen LogP contribution in [0.15, 0.2) is 24.3 Å². The van der Waals surface area contributed by atoms with Crippen molar-refractivity contribution >= 4 is 17.5 Å². The monoisotopic (exact) mass is 278 g/mol. The zero-order valence-electron chi connectivity index (χ0n) is 11.6. The van der Waals surface area contributed by atoms with Crippen LogP contribution in [0.4, 0.5) is 0 Å². The molecule has 0 saturated carbocycles. The molecule has 1 amide bonds. The van der Waals surface area contributed by atoms with Crippen LogP contribution in [0.3, 0.4) is 0 Å². The summed E-state index contributed by atoms with van der Waals surface area (Å²) in [5, 5.41) is 9.70. The first-order valence-corrected chi connectivity index (χ1v) is 6.81. The lowest BCUT2D eigenvalue weighted by Crippen LogP contribution is -2.34. The molecule has 0 aliphatic carbocycles. The molecule has 0 spiro atoms. The predicted octanol–water partition coefficient (Wildman–Crippen LogP) is 3.80. The normalized spacial score (nSPS) is 13.4. The highest BCUT2D eigenvalue weighted by Crippen LogP contribution is 2.27. The maximum absolute atomic E-state index is 12.3. The average molecular weight is 279 g/mol. The van der Waals surface area contributed by atoms with Crippen molar-refractivity contribution in [2.24, 2.45) is 5.92 Å². The predicted molar refractivity (Wildman–Crippen MR) is 76.6 cm³/mol. The SMILES string of the molecule is CCCC(C#N)C(=O)N(C)C(C)c1ccccc1Cl. The van der Waals surface area contributed by atoms with E-state index < -0.39 is 5.92 Å². The van der Waals surface area contributed by atoms with E-state index in [0.29, 0.717) is 11.4 Å². The quantitative estimate of drug-likeness (QED) is 0.822. The van der Waals surface area contributed by atoms with Gasteiger partial charge in [-0.05, 0) is 25.0 Å². The summed E-state index contributed by atoms with van der Waals surface area (Å²) in [4.78, 5) is 13.9. The number of rotatable bonds is 5. The van der Waals surface area contributed by atoms with E-state index in [4.69, 9.17) is 16.9 Å².